The fourth-order valence-electron chi connectivity index (χ4n) is 4.37. The van der Waals surface area contributed by atoms with Gasteiger partial charge in [-0.2, -0.15) is 0 Å². The third-order valence-electron chi connectivity index (χ3n) is 6.06. The van der Waals surface area contributed by atoms with E-state index in [9.17, 15) is 4.79 Å². The van der Waals surface area contributed by atoms with Crippen molar-refractivity contribution in [1.29, 1.82) is 0 Å². The van der Waals surface area contributed by atoms with Crippen molar-refractivity contribution >= 4 is 6.03 Å². The molecule has 1 N–H and O–H groups in total. The zero-order valence-electron chi connectivity index (χ0n) is 17.1. The van der Waals surface area contributed by atoms with Crippen molar-refractivity contribution in [2.45, 2.75) is 50.6 Å². The van der Waals surface area contributed by atoms with Crippen molar-refractivity contribution in [3.63, 3.8) is 0 Å². The molecule has 1 atom stereocenters. The molecule has 1 aliphatic heterocycles. The normalized spacial score (nSPS) is 20.6. The summed E-state index contributed by atoms with van der Waals surface area (Å²) in [4.78, 5) is 19.7. The lowest BCUT2D eigenvalue weighted by atomic mass is 9.94. The van der Waals surface area contributed by atoms with Gasteiger partial charge in [-0.05, 0) is 45.5 Å². The molecule has 2 amide bonds. The highest BCUT2D eigenvalue weighted by molar-refractivity contribution is 5.74. The number of benzene rings is 1. The second kappa shape index (κ2) is 10.1. The van der Waals surface area contributed by atoms with Crippen LogP contribution in [0.2, 0.25) is 0 Å². The lowest BCUT2D eigenvalue weighted by Gasteiger charge is -2.41. The number of amides is 2. The summed E-state index contributed by atoms with van der Waals surface area (Å²) in [6.45, 7) is 4.68. The van der Waals surface area contributed by atoms with E-state index in [0.717, 1.165) is 45.2 Å². The zero-order chi connectivity index (χ0) is 19.1. The first-order valence-electron chi connectivity index (χ1n) is 10.6. The summed E-state index contributed by atoms with van der Waals surface area (Å²) in [5, 5.41) is 3.29. The van der Waals surface area contributed by atoms with E-state index >= 15 is 0 Å². The largest absolute Gasteiger partial charge is 0.331 e. The highest BCUT2D eigenvalue weighted by Gasteiger charge is 2.28. The smallest absolute Gasteiger partial charge is 0.317 e. The fraction of sp³-hybridized carbons (Fsp3) is 0.682. The molecule has 3 rings (SSSR count). The third kappa shape index (κ3) is 5.94. The zero-order valence-corrected chi connectivity index (χ0v) is 17.1. The van der Waals surface area contributed by atoms with Gasteiger partial charge in [0.1, 0.15) is 0 Å². The number of nitrogens with zero attached hydrogens (tertiary/aromatic N) is 3. The van der Waals surface area contributed by atoms with Crippen LogP contribution in [0.25, 0.3) is 0 Å². The minimum Gasteiger partial charge on any atom is -0.331 e. The number of piperazine rings is 1. The van der Waals surface area contributed by atoms with Crippen LogP contribution in [-0.2, 0) is 0 Å². The molecule has 1 unspecified atom stereocenters. The minimum atomic E-state index is 0.0671. The van der Waals surface area contributed by atoms with Crippen molar-refractivity contribution < 1.29 is 4.79 Å². The molecule has 1 aromatic rings. The molecule has 0 spiro atoms. The van der Waals surface area contributed by atoms with Crippen molar-refractivity contribution in [2.24, 2.45) is 0 Å². The Morgan fingerprint density at radius 3 is 2.37 bits per heavy atom. The van der Waals surface area contributed by atoms with Crippen LogP contribution in [0.4, 0.5) is 4.79 Å². The monoisotopic (exact) mass is 372 g/mol. The van der Waals surface area contributed by atoms with E-state index < -0.39 is 0 Å². The van der Waals surface area contributed by atoms with Gasteiger partial charge >= 0.3 is 6.03 Å². The van der Waals surface area contributed by atoms with Crippen LogP contribution in [0.5, 0.6) is 0 Å². The predicted molar refractivity (Wildman–Crippen MR) is 111 cm³/mol. The van der Waals surface area contributed by atoms with Crippen LogP contribution in [0.1, 0.15) is 50.1 Å². The number of carbonyl (C=O) groups is 1. The molecule has 2 aliphatic rings. The summed E-state index contributed by atoms with van der Waals surface area (Å²) in [5.74, 6) is 0. The van der Waals surface area contributed by atoms with Gasteiger partial charge in [0.2, 0.25) is 0 Å². The van der Waals surface area contributed by atoms with Crippen molar-refractivity contribution in [1.82, 2.24) is 20.0 Å². The third-order valence-corrected chi connectivity index (χ3v) is 6.06. The Hall–Kier alpha value is -1.59. The van der Waals surface area contributed by atoms with E-state index in [4.69, 9.17) is 0 Å². The first kappa shape index (κ1) is 20.2. The maximum absolute atomic E-state index is 12.9. The minimum absolute atomic E-state index is 0.0671. The van der Waals surface area contributed by atoms with Gasteiger partial charge in [0, 0.05) is 32.2 Å². The van der Waals surface area contributed by atoms with Gasteiger partial charge in [0.05, 0.1) is 6.04 Å². The molecule has 2 fully saturated rings. The van der Waals surface area contributed by atoms with Crippen LogP contribution in [0.15, 0.2) is 30.3 Å². The molecule has 0 radical (unpaired) electrons. The predicted octanol–water partition coefficient (Wildman–Crippen LogP) is 3.34. The van der Waals surface area contributed by atoms with E-state index in [0.29, 0.717) is 0 Å². The SMILES string of the molecule is CN(C)CCC(NC(=O)N1CCN(C2CCCCC2)CC1)c1ccccc1. The van der Waals surface area contributed by atoms with E-state index in [1.165, 1.54) is 37.7 Å². The van der Waals surface area contributed by atoms with Crippen molar-refractivity contribution in [3.8, 4) is 0 Å². The molecule has 0 aromatic heterocycles. The maximum Gasteiger partial charge on any atom is 0.317 e. The molecule has 1 saturated carbocycles. The Morgan fingerprint density at radius 1 is 1.07 bits per heavy atom. The molecular formula is C22H36N4O. The van der Waals surface area contributed by atoms with E-state index in [2.05, 4.69) is 41.3 Å². The molecular weight excluding hydrogens is 336 g/mol. The molecule has 5 heteroatoms. The molecule has 1 aliphatic carbocycles. The number of rotatable bonds is 6. The van der Waals surface area contributed by atoms with Gasteiger partial charge in [0.15, 0.2) is 0 Å². The lowest BCUT2D eigenvalue weighted by molar-refractivity contribution is 0.0895. The second-order valence-electron chi connectivity index (χ2n) is 8.32. The Morgan fingerprint density at radius 2 is 1.74 bits per heavy atom. The summed E-state index contributed by atoms with van der Waals surface area (Å²) < 4.78 is 0. The Balaban J connectivity index is 1.52. The van der Waals surface area contributed by atoms with Gasteiger partial charge in [-0.25, -0.2) is 4.79 Å². The molecule has 0 bridgehead atoms. The molecule has 1 heterocycles. The van der Waals surface area contributed by atoms with E-state index in [1.54, 1.807) is 0 Å². The van der Waals surface area contributed by atoms with Crippen LogP contribution in [-0.4, -0.2) is 73.6 Å². The molecule has 1 aromatic carbocycles. The number of urea groups is 1. The van der Waals surface area contributed by atoms with Crippen LogP contribution in [0.3, 0.4) is 0 Å². The molecule has 1 saturated heterocycles. The lowest BCUT2D eigenvalue weighted by Crippen LogP contribution is -2.54. The Labute approximate surface area is 164 Å². The summed E-state index contributed by atoms with van der Waals surface area (Å²) >= 11 is 0. The number of carbonyl (C=O) groups excluding carboxylic acids is 1. The summed E-state index contributed by atoms with van der Waals surface area (Å²) in [5.41, 5.74) is 1.19. The van der Waals surface area contributed by atoms with Crippen LogP contribution in [0, 0.1) is 0 Å². The average molecular weight is 373 g/mol. The van der Waals surface area contributed by atoms with Gasteiger partial charge in [-0.1, -0.05) is 49.6 Å². The first-order valence-corrected chi connectivity index (χ1v) is 10.6. The number of nitrogens with one attached hydrogen (secondary N) is 1. The van der Waals surface area contributed by atoms with E-state index in [1.807, 2.05) is 23.1 Å². The second-order valence-corrected chi connectivity index (χ2v) is 8.32. The van der Waals surface area contributed by atoms with Gasteiger partial charge in [0.25, 0.3) is 0 Å². The molecule has 5 nitrogen and oxygen atoms in total. The van der Waals surface area contributed by atoms with E-state index in [-0.39, 0.29) is 12.1 Å². The summed E-state index contributed by atoms with van der Waals surface area (Å²) in [6.07, 6.45) is 7.74. The standard InChI is InChI=1S/C22H36N4O/c1-24(2)14-13-21(19-9-5-3-6-10-19)23-22(27)26-17-15-25(16-18-26)20-11-7-4-8-12-20/h3,5-6,9-10,20-21H,4,7-8,11-18H2,1-2H3,(H,23,27). The quantitative estimate of drug-likeness (QED) is 0.832. The Kier molecular flexibility index (Phi) is 7.53. The van der Waals surface area contributed by atoms with Crippen LogP contribution < -0.4 is 5.32 Å². The van der Waals surface area contributed by atoms with Gasteiger partial charge in [-0.15, -0.1) is 0 Å². The van der Waals surface area contributed by atoms with Crippen molar-refractivity contribution in [2.75, 3.05) is 46.8 Å². The van der Waals surface area contributed by atoms with Gasteiger partial charge in [-0.3, -0.25) is 4.90 Å². The molecule has 150 valence electrons. The highest BCUT2D eigenvalue weighted by atomic mass is 16.2. The van der Waals surface area contributed by atoms with Gasteiger partial charge < -0.3 is 15.1 Å². The number of hydrogen-bond donors (Lipinski definition) is 1. The summed E-state index contributed by atoms with van der Waals surface area (Å²) in [6, 6.07) is 11.3. The topological polar surface area (TPSA) is 38.8 Å². The number of hydrogen-bond acceptors (Lipinski definition) is 3. The van der Waals surface area contributed by atoms with Crippen LogP contribution >= 0.6 is 0 Å². The molecule has 27 heavy (non-hydrogen) atoms. The first-order chi connectivity index (χ1) is 13.1. The average Bonchev–Trinajstić information content (AvgIpc) is 2.72. The van der Waals surface area contributed by atoms with Crippen molar-refractivity contribution in [3.05, 3.63) is 35.9 Å². The fourth-order valence-corrected chi connectivity index (χ4v) is 4.37. The highest BCUT2D eigenvalue weighted by Crippen LogP contribution is 2.24. The Bertz CT molecular complexity index is 563. The summed E-state index contributed by atoms with van der Waals surface area (Å²) in [7, 11) is 4.16. The maximum atomic E-state index is 12.9.